The first-order chi connectivity index (χ1) is 19.0. The molecule has 0 aliphatic rings. The van der Waals surface area contributed by atoms with Crippen LogP contribution in [0.2, 0.25) is 0 Å². The van der Waals surface area contributed by atoms with Crippen LogP contribution in [0.3, 0.4) is 0 Å². The van der Waals surface area contributed by atoms with Gasteiger partial charge in [-0.1, -0.05) is 42.5 Å². The van der Waals surface area contributed by atoms with E-state index < -0.39 is 0 Å². The third-order valence-electron chi connectivity index (χ3n) is 7.09. The maximum atomic E-state index is 14.0. The van der Waals surface area contributed by atoms with Crippen molar-refractivity contribution in [2.45, 2.75) is 11.8 Å². The first kappa shape index (κ1) is 24.1. The second-order valence-corrected chi connectivity index (χ2v) is 12.1. The zero-order valence-corrected chi connectivity index (χ0v) is 23.4. The molecule has 7 rings (SSSR count). The molecule has 0 saturated heterocycles. The van der Waals surface area contributed by atoms with Crippen LogP contribution in [-0.2, 0) is 0 Å². The molecule has 0 unspecified atom stereocenters. The fourth-order valence-corrected chi connectivity index (χ4v) is 7.58. The summed E-state index contributed by atoms with van der Waals surface area (Å²) >= 11 is 7.85. The Labute approximate surface area is 237 Å². The third-order valence-corrected chi connectivity index (χ3v) is 9.73. The summed E-state index contributed by atoms with van der Waals surface area (Å²) in [4.78, 5) is 30.2. The molecule has 0 amide bonds. The van der Waals surface area contributed by atoms with E-state index in [4.69, 9.17) is 12.6 Å². The minimum Gasteiger partial charge on any atom is -0.309 e. The number of anilines is 3. The number of aryl methyl sites for hydroxylation is 1. The molecular formula is C33H21NO2S3. The van der Waals surface area contributed by atoms with Crippen molar-refractivity contribution in [3.63, 3.8) is 0 Å². The number of para-hydroxylation sites is 2. The Morgan fingerprint density at radius 1 is 0.564 bits per heavy atom. The Kier molecular flexibility index (Phi) is 5.77. The van der Waals surface area contributed by atoms with E-state index in [0.29, 0.717) is 21.5 Å². The number of rotatable bonds is 3. The molecule has 6 heteroatoms. The van der Waals surface area contributed by atoms with Crippen LogP contribution >= 0.6 is 35.3 Å². The normalized spacial score (nSPS) is 11.5. The van der Waals surface area contributed by atoms with E-state index in [1.54, 1.807) is 22.7 Å². The molecule has 0 radical (unpaired) electrons. The summed E-state index contributed by atoms with van der Waals surface area (Å²) in [6.07, 6.45) is 0. The molecule has 0 aliphatic carbocycles. The summed E-state index contributed by atoms with van der Waals surface area (Å²) in [5.41, 5.74) is 3.95. The van der Waals surface area contributed by atoms with Gasteiger partial charge >= 0.3 is 0 Å². The average Bonchev–Trinajstić information content (AvgIpc) is 2.95. The highest BCUT2D eigenvalue weighted by Gasteiger charge is 2.18. The smallest absolute Gasteiger partial charge is 0.195 e. The summed E-state index contributed by atoms with van der Waals surface area (Å²) in [5.74, 6) is 0. The lowest BCUT2D eigenvalue weighted by atomic mass is 10.1. The molecule has 39 heavy (non-hydrogen) atoms. The molecule has 2 aromatic heterocycles. The first-order valence-corrected chi connectivity index (χ1v) is 14.6. The molecule has 3 nitrogen and oxygen atoms in total. The monoisotopic (exact) mass is 559 g/mol. The van der Waals surface area contributed by atoms with Gasteiger partial charge in [-0.2, -0.15) is 0 Å². The summed E-state index contributed by atoms with van der Waals surface area (Å²) in [6.45, 7) is 2.08. The van der Waals surface area contributed by atoms with E-state index in [1.807, 2.05) is 91.0 Å². The second-order valence-electron chi connectivity index (χ2n) is 9.49. The zero-order valence-electron chi connectivity index (χ0n) is 20.8. The Morgan fingerprint density at radius 3 is 1.85 bits per heavy atom. The quantitative estimate of drug-likeness (QED) is 0.173. The summed E-state index contributed by atoms with van der Waals surface area (Å²) in [6, 6.07) is 33.7. The van der Waals surface area contributed by atoms with E-state index >= 15 is 0 Å². The maximum absolute atomic E-state index is 14.0. The Balaban J connectivity index is 1.50. The first-order valence-electron chi connectivity index (χ1n) is 12.5. The molecule has 0 aliphatic heterocycles. The molecule has 0 spiro atoms. The van der Waals surface area contributed by atoms with Gasteiger partial charge in [-0.25, -0.2) is 0 Å². The largest absolute Gasteiger partial charge is 0.309 e. The van der Waals surface area contributed by atoms with Crippen LogP contribution in [-0.4, -0.2) is 0 Å². The molecule has 0 bridgehead atoms. The van der Waals surface area contributed by atoms with Gasteiger partial charge in [0.05, 0.1) is 5.69 Å². The van der Waals surface area contributed by atoms with Gasteiger partial charge in [-0.05, 0) is 73.2 Å². The van der Waals surface area contributed by atoms with Gasteiger partial charge in [0.15, 0.2) is 10.9 Å². The molecule has 2 heterocycles. The van der Waals surface area contributed by atoms with Crippen LogP contribution in [0.5, 0.6) is 0 Å². The van der Waals surface area contributed by atoms with Crippen LogP contribution in [0.4, 0.5) is 17.1 Å². The number of hydrogen-bond acceptors (Lipinski definition) is 6. The minimum absolute atomic E-state index is 0.00985. The van der Waals surface area contributed by atoms with Gasteiger partial charge in [-0.15, -0.1) is 35.3 Å². The number of nitrogens with zero attached hydrogens (tertiary/aromatic N) is 1. The van der Waals surface area contributed by atoms with Crippen molar-refractivity contribution in [3.05, 3.63) is 129 Å². The van der Waals surface area contributed by atoms with Crippen LogP contribution in [0, 0.1) is 6.92 Å². The van der Waals surface area contributed by atoms with Crippen LogP contribution in [0.15, 0.2) is 118 Å². The molecule has 0 atom stereocenters. The van der Waals surface area contributed by atoms with Crippen molar-refractivity contribution in [1.82, 2.24) is 0 Å². The highest BCUT2D eigenvalue weighted by molar-refractivity contribution is 7.80. The minimum atomic E-state index is -0.0285. The van der Waals surface area contributed by atoms with Gasteiger partial charge in [-0.3, -0.25) is 9.59 Å². The van der Waals surface area contributed by atoms with Crippen molar-refractivity contribution < 1.29 is 0 Å². The fourth-order valence-electron chi connectivity index (χ4n) is 5.15. The maximum Gasteiger partial charge on any atom is 0.195 e. The van der Waals surface area contributed by atoms with Gasteiger partial charge < -0.3 is 4.90 Å². The molecule has 0 fully saturated rings. The fraction of sp³-hybridized carbons (Fsp3) is 0.0303. The Bertz CT molecular complexity index is 2170. The topological polar surface area (TPSA) is 37.4 Å². The van der Waals surface area contributed by atoms with E-state index in [0.717, 1.165) is 46.3 Å². The van der Waals surface area contributed by atoms with Crippen molar-refractivity contribution in [3.8, 4) is 0 Å². The summed E-state index contributed by atoms with van der Waals surface area (Å²) in [7, 11) is 0. The molecular weight excluding hydrogens is 539 g/mol. The van der Waals surface area contributed by atoms with E-state index in [1.165, 1.54) is 0 Å². The number of hydrogen-bond donors (Lipinski definition) is 1. The lowest BCUT2D eigenvalue weighted by molar-refractivity contribution is 1.21. The second kappa shape index (κ2) is 9.35. The SMILES string of the molecule is Cc1ccccc1N(c1ccc2sc3cc4c(=O)c5ccccc5sc4cc3c(=O)c2c1)c1ccccc1S. The molecule has 5 aromatic carbocycles. The number of fused-ring (bicyclic) bond motifs is 4. The van der Waals surface area contributed by atoms with Crippen molar-refractivity contribution in [2.24, 2.45) is 0 Å². The van der Waals surface area contributed by atoms with E-state index in [-0.39, 0.29) is 10.9 Å². The Morgan fingerprint density at radius 2 is 1.13 bits per heavy atom. The van der Waals surface area contributed by atoms with Gasteiger partial charge in [0.1, 0.15) is 0 Å². The molecule has 0 N–H and O–H groups in total. The highest BCUT2D eigenvalue weighted by Crippen LogP contribution is 2.41. The molecule has 7 aromatic rings. The highest BCUT2D eigenvalue weighted by atomic mass is 32.1. The third kappa shape index (κ3) is 3.95. The lowest BCUT2D eigenvalue weighted by Gasteiger charge is -2.28. The standard InChI is InChI=1S/C33H21NO2S3/c1-19-8-2-4-10-25(19)34(26-11-5-6-12-27(26)37)20-14-15-29-22(16-20)33(36)24-18-30-23(17-31(24)39-29)32(35)21-9-3-7-13-28(21)38-30/h2-18,37H,1H3. The Hall–Kier alpha value is -3.97. The lowest BCUT2D eigenvalue weighted by Crippen LogP contribution is -2.12. The van der Waals surface area contributed by atoms with Crippen LogP contribution in [0.1, 0.15) is 5.56 Å². The van der Waals surface area contributed by atoms with E-state index in [9.17, 15) is 9.59 Å². The molecule has 188 valence electrons. The van der Waals surface area contributed by atoms with Gasteiger partial charge in [0, 0.05) is 56.6 Å². The number of benzene rings is 5. The predicted molar refractivity (Wildman–Crippen MR) is 171 cm³/mol. The summed E-state index contributed by atoms with van der Waals surface area (Å²) < 4.78 is 3.46. The average molecular weight is 560 g/mol. The van der Waals surface area contributed by atoms with Crippen LogP contribution < -0.4 is 15.8 Å². The van der Waals surface area contributed by atoms with Crippen molar-refractivity contribution >= 4 is 92.7 Å². The van der Waals surface area contributed by atoms with Gasteiger partial charge in [0.25, 0.3) is 0 Å². The van der Waals surface area contributed by atoms with Crippen molar-refractivity contribution in [2.75, 3.05) is 4.90 Å². The van der Waals surface area contributed by atoms with E-state index in [2.05, 4.69) is 24.0 Å². The molecule has 0 saturated carbocycles. The van der Waals surface area contributed by atoms with Crippen LogP contribution in [0.25, 0.3) is 40.3 Å². The van der Waals surface area contributed by atoms with Crippen molar-refractivity contribution in [1.29, 1.82) is 0 Å². The summed E-state index contributed by atoms with van der Waals surface area (Å²) in [5, 5.41) is 2.68. The zero-order chi connectivity index (χ0) is 26.7. The number of thiol groups is 1. The van der Waals surface area contributed by atoms with Gasteiger partial charge in [0.2, 0.25) is 0 Å². The predicted octanol–water partition coefficient (Wildman–Crippen LogP) is 9.21.